The van der Waals surface area contributed by atoms with Crippen molar-refractivity contribution in [2.75, 3.05) is 0 Å². The van der Waals surface area contributed by atoms with E-state index in [9.17, 15) is 4.79 Å². The molecule has 5 heteroatoms. The average Bonchev–Trinajstić information content (AvgIpc) is 2.42. The first-order valence-corrected chi connectivity index (χ1v) is 6.88. The van der Waals surface area contributed by atoms with Gasteiger partial charge in [0.15, 0.2) is 10.1 Å². The molecule has 0 saturated heterocycles. The predicted octanol–water partition coefficient (Wildman–Crippen LogP) is 4.15. The number of fused-ring (bicyclic) bond motifs is 2. The maximum Gasteiger partial charge on any atom is 0.222 e. The Morgan fingerprint density at radius 1 is 1.30 bits per heavy atom. The number of aromatic nitrogens is 1. The van der Waals surface area contributed by atoms with Crippen molar-refractivity contribution in [3.63, 3.8) is 0 Å². The topological polar surface area (TPSA) is 39.2 Å². The molecule has 1 aromatic carbocycles. The summed E-state index contributed by atoms with van der Waals surface area (Å²) in [6.45, 7) is 1.47. The van der Waals surface area contributed by atoms with E-state index in [1.807, 2.05) is 12.1 Å². The Morgan fingerprint density at radius 3 is 2.85 bits per heavy atom. The van der Waals surface area contributed by atoms with Crippen molar-refractivity contribution in [2.45, 2.75) is 17.7 Å². The number of ketones is 1. The van der Waals surface area contributed by atoms with Crippen molar-refractivity contribution >= 4 is 29.0 Å². The molecule has 0 amide bonds. The van der Waals surface area contributed by atoms with E-state index >= 15 is 0 Å². The molecule has 1 aliphatic heterocycles. The lowest BCUT2D eigenvalue weighted by Gasteiger charge is -2.20. The zero-order valence-corrected chi connectivity index (χ0v) is 12.2. The first kappa shape index (κ1) is 13.4. The molecule has 102 valence electrons. The van der Waals surface area contributed by atoms with Gasteiger partial charge in [-0.25, -0.2) is 4.98 Å². The summed E-state index contributed by atoms with van der Waals surface area (Å²) in [6, 6.07) is 9.00. The van der Waals surface area contributed by atoms with Crippen LogP contribution in [-0.4, -0.2) is 15.1 Å². The molecular formula is C15H11Cl2NO2. The molecule has 0 spiro atoms. The highest BCUT2D eigenvalue weighted by Crippen LogP contribution is 2.36. The smallest absolute Gasteiger partial charge is 0.222 e. The molecular weight excluding hydrogens is 297 g/mol. The Labute approximate surface area is 126 Å². The van der Waals surface area contributed by atoms with E-state index in [2.05, 4.69) is 4.98 Å². The first-order valence-electron chi connectivity index (χ1n) is 6.12. The van der Waals surface area contributed by atoms with Crippen molar-refractivity contribution in [1.82, 2.24) is 4.98 Å². The Morgan fingerprint density at radius 2 is 2.10 bits per heavy atom. The van der Waals surface area contributed by atoms with Crippen molar-refractivity contribution in [3.8, 4) is 11.6 Å². The second kappa shape index (κ2) is 4.76. The molecule has 2 heterocycles. The minimum atomic E-state index is -1.43. The molecule has 20 heavy (non-hydrogen) atoms. The first-order chi connectivity index (χ1) is 9.45. The monoisotopic (exact) mass is 307 g/mol. The van der Waals surface area contributed by atoms with Gasteiger partial charge in [0.1, 0.15) is 5.75 Å². The lowest BCUT2D eigenvalue weighted by molar-refractivity contribution is 0.0978. The number of pyridine rings is 1. The number of hydrogen-bond donors (Lipinski definition) is 0. The van der Waals surface area contributed by atoms with E-state index in [-0.39, 0.29) is 5.78 Å². The van der Waals surface area contributed by atoms with Crippen molar-refractivity contribution < 1.29 is 9.53 Å². The standard InChI is InChI=1S/C15H11Cl2NO2/c1-15(16,17)13(19)9-4-5-12-11(7-9)8-10-3-2-6-18-14(10)20-12/h2-7H,8H2,1H3. The highest BCUT2D eigenvalue weighted by Gasteiger charge is 2.29. The van der Waals surface area contributed by atoms with Crippen LogP contribution >= 0.6 is 23.2 Å². The van der Waals surface area contributed by atoms with Gasteiger partial charge in [-0.3, -0.25) is 4.79 Å². The molecule has 1 aromatic heterocycles. The van der Waals surface area contributed by atoms with Crippen LogP contribution in [-0.2, 0) is 6.42 Å². The van der Waals surface area contributed by atoms with Gasteiger partial charge in [0, 0.05) is 29.3 Å². The molecule has 2 aromatic rings. The zero-order chi connectivity index (χ0) is 14.3. The van der Waals surface area contributed by atoms with Crippen LogP contribution < -0.4 is 4.74 Å². The molecule has 0 saturated carbocycles. The molecule has 0 radical (unpaired) electrons. The summed E-state index contributed by atoms with van der Waals surface area (Å²) in [7, 11) is 0. The summed E-state index contributed by atoms with van der Waals surface area (Å²) >= 11 is 11.7. The number of ether oxygens (including phenoxy) is 1. The van der Waals surface area contributed by atoms with Crippen molar-refractivity contribution in [3.05, 3.63) is 53.2 Å². The van der Waals surface area contributed by atoms with E-state index in [0.717, 1.165) is 11.1 Å². The fourth-order valence-corrected chi connectivity index (χ4v) is 2.39. The third-order valence-corrected chi connectivity index (χ3v) is 3.50. The summed E-state index contributed by atoms with van der Waals surface area (Å²) in [6.07, 6.45) is 2.36. The summed E-state index contributed by atoms with van der Waals surface area (Å²) in [5, 5.41) is 0. The highest BCUT2D eigenvalue weighted by molar-refractivity contribution is 6.59. The van der Waals surface area contributed by atoms with E-state index in [1.54, 1.807) is 24.4 Å². The van der Waals surface area contributed by atoms with Gasteiger partial charge in [0.25, 0.3) is 0 Å². The number of Topliss-reactive ketones (excluding diaryl/α,β-unsaturated/α-hetero) is 1. The van der Waals surface area contributed by atoms with Gasteiger partial charge >= 0.3 is 0 Å². The quantitative estimate of drug-likeness (QED) is 0.527. The molecule has 1 aliphatic rings. The number of carbonyl (C=O) groups excluding carboxylic acids is 1. The van der Waals surface area contributed by atoms with Gasteiger partial charge in [-0.2, -0.15) is 0 Å². The fourth-order valence-electron chi connectivity index (χ4n) is 2.17. The molecule has 3 rings (SSSR count). The number of benzene rings is 1. The Hall–Kier alpha value is -1.58. The number of carbonyl (C=O) groups is 1. The molecule has 0 atom stereocenters. The SMILES string of the molecule is CC(Cl)(Cl)C(=O)c1ccc2c(c1)Cc1cccnc1O2. The Bertz CT molecular complexity index is 693. The number of halogens is 2. The van der Waals surface area contributed by atoms with Crippen LogP contribution in [0, 0.1) is 0 Å². The summed E-state index contributed by atoms with van der Waals surface area (Å²) in [5.74, 6) is 0.998. The maximum atomic E-state index is 12.1. The number of rotatable bonds is 2. The van der Waals surface area contributed by atoms with Crippen LogP contribution in [0.2, 0.25) is 0 Å². The second-order valence-corrected chi connectivity index (χ2v) is 6.49. The minimum absolute atomic E-state index is 0.319. The zero-order valence-electron chi connectivity index (χ0n) is 10.7. The lowest BCUT2D eigenvalue weighted by Crippen LogP contribution is -2.22. The normalized spacial score (nSPS) is 13.2. The van der Waals surface area contributed by atoms with Gasteiger partial charge in [-0.1, -0.05) is 29.3 Å². The van der Waals surface area contributed by atoms with Gasteiger partial charge in [0.05, 0.1) is 0 Å². The van der Waals surface area contributed by atoms with Crippen LogP contribution in [0.5, 0.6) is 11.6 Å². The molecule has 3 nitrogen and oxygen atoms in total. The fraction of sp³-hybridized carbons (Fsp3) is 0.200. The molecule has 0 aliphatic carbocycles. The molecule has 0 bridgehead atoms. The van der Waals surface area contributed by atoms with Crippen molar-refractivity contribution in [2.24, 2.45) is 0 Å². The average molecular weight is 308 g/mol. The Kier molecular flexibility index (Phi) is 3.19. The summed E-state index contributed by atoms with van der Waals surface area (Å²) in [4.78, 5) is 16.3. The minimum Gasteiger partial charge on any atom is -0.438 e. The van der Waals surface area contributed by atoms with E-state index in [4.69, 9.17) is 27.9 Å². The number of hydrogen-bond acceptors (Lipinski definition) is 3. The van der Waals surface area contributed by atoms with Gasteiger partial charge in [-0.15, -0.1) is 0 Å². The molecule has 0 N–H and O–H groups in total. The predicted molar refractivity (Wildman–Crippen MR) is 78.0 cm³/mol. The summed E-state index contributed by atoms with van der Waals surface area (Å²) < 4.78 is 4.28. The highest BCUT2D eigenvalue weighted by atomic mass is 35.5. The summed E-state index contributed by atoms with van der Waals surface area (Å²) in [5.41, 5.74) is 2.39. The van der Waals surface area contributed by atoms with E-state index < -0.39 is 4.33 Å². The van der Waals surface area contributed by atoms with Crippen LogP contribution in [0.1, 0.15) is 28.4 Å². The Balaban J connectivity index is 1.98. The van der Waals surface area contributed by atoms with Crippen LogP contribution in [0.25, 0.3) is 0 Å². The molecule has 0 unspecified atom stereocenters. The van der Waals surface area contributed by atoms with Crippen molar-refractivity contribution in [1.29, 1.82) is 0 Å². The van der Waals surface area contributed by atoms with Gasteiger partial charge in [0.2, 0.25) is 5.88 Å². The molecule has 0 fully saturated rings. The van der Waals surface area contributed by atoms with E-state index in [1.165, 1.54) is 6.92 Å². The van der Waals surface area contributed by atoms with Crippen LogP contribution in [0.15, 0.2) is 36.5 Å². The lowest BCUT2D eigenvalue weighted by atomic mass is 9.98. The van der Waals surface area contributed by atoms with Crippen LogP contribution in [0.3, 0.4) is 0 Å². The van der Waals surface area contributed by atoms with Crippen LogP contribution in [0.4, 0.5) is 0 Å². The second-order valence-electron chi connectivity index (χ2n) is 4.79. The maximum absolute atomic E-state index is 12.1. The van der Waals surface area contributed by atoms with Gasteiger partial charge < -0.3 is 4.74 Å². The van der Waals surface area contributed by atoms with Gasteiger partial charge in [-0.05, 0) is 31.2 Å². The van der Waals surface area contributed by atoms with E-state index in [0.29, 0.717) is 23.6 Å². The third kappa shape index (κ3) is 2.39. The third-order valence-electron chi connectivity index (χ3n) is 3.16. The number of alkyl halides is 2. The number of nitrogens with zero attached hydrogens (tertiary/aromatic N) is 1. The largest absolute Gasteiger partial charge is 0.438 e.